The van der Waals surface area contributed by atoms with E-state index in [2.05, 4.69) is 15.5 Å². The fraction of sp³-hybridized carbons (Fsp3) is 0. The standard InChI is InChI=1S/C20H12F3N3O/c21-12-6-8-17(23)15(10-12)11-5-7-14-18(9-11)25-26-19(14)24-20(27)13-3-1-2-4-16(13)22/h1-10H,(H2,24,25,26,27). The maximum atomic E-state index is 14.0. The Kier molecular flexibility index (Phi) is 4.12. The number of hydrogen-bond acceptors (Lipinski definition) is 2. The van der Waals surface area contributed by atoms with Crippen LogP contribution in [0.2, 0.25) is 0 Å². The number of aromatic nitrogens is 2. The Morgan fingerprint density at radius 3 is 2.56 bits per heavy atom. The normalized spacial score (nSPS) is 10.9. The zero-order valence-electron chi connectivity index (χ0n) is 13.8. The highest BCUT2D eigenvalue weighted by Gasteiger charge is 2.15. The maximum absolute atomic E-state index is 14.0. The zero-order chi connectivity index (χ0) is 19.0. The summed E-state index contributed by atoms with van der Waals surface area (Å²) in [6, 6.07) is 13.6. The van der Waals surface area contributed by atoms with Crippen LogP contribution in [0.5, 0.6) is 0 Å². The lowest BCUT2D eigenvalue weighted by molar-refractivity contribution is 0.102. The van der Waals surface area contributed by atoms with Gasteiger partial charge < -0.3 is 5.32 Å². The van der Waals surface area contributed by atoms with Gasteiger partial charge in [0, 0.05) is 10.9 Å². The number of benzene rings is 3. The number of carbonyl (C=O) groups excluding carboxylic acids is 1. The van der Waals surface area contributed by atoms with Crippen molar-refractivity contribution in [1.29, 1.82) is 0 Å². The summed E-state index contributed by atoms with van der Waals surface area (Å²) < 4.78 is 41.1. The van der Waals surface area contributed by atoms with Crippen LogP contribution in [0.1, 0.15) is 10.4 Å². The lowest BCUT2D eigenvalue weighted by atomic mass is 10.0. The maximum Gasteiger partial charge on any atom is 0.259 e. The van der Waals surface area contributed by atoms with E-state index in [-0.39, 0.29) is 16.9 Å². The van der Waals surface area contributed by atoms with Crippen LogP contribution in [-0.4, -0.2) is 16.1 Å². The molecule has 0 aliphatic carbocycles. The van der Waals surface area contributed by atoms with Gasteiger partial charge in [0.25, 0.3) is 5.91 Å². The van der Waals surface area contributed by atoms with Crippen LogP contribution < -0.4 is 5.32 Å². The number of anilines is 1. The molecule has 0 aliphatic rings. The van der Waals surface area contributed by atoms with Crippen molar-refractivity contribution < 1.29 is 18.0 Å². The lowest BCUT2D eigenvalue weighted by Crippen LogP contribution is -2.14. The van der Waals surface area contributed by atoms with Crippen LogP contribution in [0.4, 0.5) is 19.0 Å². The predicted molar refractivity (Wildman–Crippen MR) is 95.8 cm³/mol. The van der Waals surface area contributed by atoms with E-state index in [0.29, 0.717) is 16.5 Å². The van der Waals surface area contributed by atoms with Crippen molar-refractivity contribution in [2.75, 3.05) is 5.32 Å². The molecule has 0 radical (unpaired) electrons. The van der Waals surface area contributed by atoms with Gasteiger partial charge >= 0.3 is 0 Å². The van der Waals surface area contributed by atoms with Crippen LogP contribution in [0, 0.1) is 17.5 Å². The van der Waals surface area contributed by atoms with Gasteiger partial charge in [0.15, 0.2) is 5.82 Å². The van der Waals surface area contributed by atoms with Crippen molar-refractivity contribution >= 4 is 22.6 Å². The number of carbonyl (C=O) groups is 1. The lowest BCUT2D eigenvalue weighted by Gasteiger charge is -2.05. The molecule has 0 unspecified atom stereocenters. The number of aromatic amines is 1. The monoisotopic (exact) mass is 367 g/mol. The van der Waals surface area contributed by atoms with Crippen LogP contribution in [-0.2, 0) is 0 Å². The molecule has 3 aromatic carbocycles. The molecule has 1 heterocycles. The van der Waals surface area contributed by atoms with Crippen LogP contribution in [0.3, 0.4) is 0 Å². The minimum Gasteiger partial charge on any atom is -0.304 e. The smallest absolute Gasteiger partial charge is 0.259 e. The first kappa shape index (κ1) is 16.8. The molecule has 27 heavy (non-hydrogen) atoms. The average molecular weight is 367 g/mol. The van der Waals surface area contributed by atoms with Gasteiger partial charge in [-0.25, -0.2) is 13.2 Å². The molecule has 4 aromatic rings. The van der Waals surface area contributed by atoms with Crippen molar-refractivity contribution in [3.8, 4) is 11.1 Å². The van der Waals surface area contributed by atoms with E-state index >= 15 is 0 Å². The van der Waals surface area contributed by atoms with Crippen molar-refractivity contribution in [2.45, 2.75) is 0 Å². The number of hydrogen-bond donors (Lipinski definition) is 2. The molecular formula is C20H12F3N3O. The molecule has 2 N–H and O–H groups in total. The number of nitrogens with one attached hydrogen (secondary N) is 2. The molecule has 0 atom stereocenters. The third-order valence-corrected chi connectivity index (χ3v) is 4.15. The SMILES string of the molecule is O=C(Nc1n[nH]c2cc(-c3cc(F)ccc3F)ccc12)c1ccccc1F. The Hall–Kier alpha value is -3.61. The molecule has 1 aromatic heterocycles. The van der Waals surface area contributed by atoms with Gasteiger partial charge in [0.05, 0.1) is 11.1 Å². The van der Waals surface area contributed by atoms with Gasteiger partial charge in [-0.3, -0.25) is 9.89 Å². The summed E-state index contributed by atoms with van der Waals surface area (Å²) >= 11 is 0. The number of nitrogens with zero attached hydrogens (tertiary/aromatic N) is 1. The molecule has 1 amide bonds. The first-order chi connectivity index (χ1) is 13.0. The van der Waals surface area contributed by atoms with E-state index < -0.39 is 23.4 Å². The molecule has 4 rings (SSSR count). The summed E-state index contributed by atoms with van der Waals surface area (Å²) in [5.41, 5.74) is 0.977. The number of fused-ring (bicyclic) bond motifs is 1. The van der Waals surface area contributed by atoms with Gasteiger partial charge in [0.2, 0.25) is 0 Å². The molecule has 0 saturated heterocycles. The van der Waals surface area contributed by atoms with Crippen molar-refractivity contribution in [3.63, 3.8) is 0 Å². The molecule has 0 aliphatic heterocycles. The Labute approximate surface area is 151 Å². The second kappa shape index (κ2) is 6.60. The fourth-order valence-corrected chi connectivity index (χ4v) is 2.82. The summed E-state index contributed by atoms with van der Waals surface area (Å²) in [7, 11) is 0. The van der Waals surface area contributed by atoms with Gasteiger partial charge in [-0.15, -0.1) is 0 Å². The summed E-state index contributed by atoms with van der Waals surface area (Å²) in [4.78, 5) is 12.3. The van der Waals surface area contributed by atoms with E-state index in [9.17, 15) is 18.0 Å². The third-order valence-electron chi connectivity index (χ3n) is 4.15. The van der Waals surface area contributed by atoms with Gasteiger partial charge in [-0.2, -0.15) is 5.10 Å². The van der Waals surface area contributed by atoms with E-state index in [0.717, 1.165) is 18.2 Å². The van der Waals surface area contributed by atoms with Crippen molar-refractivity contribution in [3.05, 3.63) is 83.7 Å². The molecule has 134 valence electrons. The third kappa shape index (κ3) is 3.15. The highest BCUT2D eigenvalue weighted by molar-refractivity contribution is 6.08. The molecule has 4 nitrogen and oxygen atoms in total. The Balaban J connectivity index is 1.68. The second-order valence-electron chi connectivity index (χ2n) is 5.89. The van der Waals surface area contributed by atoms with Crippen LogP contribution in [0.15, 0.2) is 60.7 Å². The van der Waals surface area contributed by atoms with Crippen LogP contribution in [0.25, 0.3) is 22.0 Å². The van der Waals surface area contributed by atoms with Gasteiger partial charge in [-0.05, 0) is 48.0 Å². The van der Waals surface area contributed by atoms with Crippen molar-refractivity contribution in [2.24, 2.45) is 0 Å². The van der Waals surface area contributed by atoms with E-state index in [1.807, 2.05) is 0 Å². The molecule has 0 saturated carbocycles. The second-order valence-corrected chi connectivity index (χ2v) is 5.89. The number of rotatable bonds is 3. The molecule has 0 fully saturated rings. The van der Waals surface area contributed by atoms with Crippen LogP contribution >= 0.6 is 0 Å². The minimum atomic E-state index is -0.640. The summed E-state index contributed by atoms with van der Waals surface area (Å²) in [6.45, 7) is 0. The highest BCUT2D eigenvalue weighted by atomic mass is 19.1. The van der Waals surface area contributed by atoms with E-state index in [1.165, 1.54) is 18.2 Å². The van der Waals surface area contributed by atoms with Gasteiger partial charge in [0.1, 0.15) is 17.5 Å². The number of H-pyrrole nitrogens is 1. The Morgan fingerprint density at radius 2 is 1.74 bits per heavy atom. The highest BCUT2D eigenvalue weighted by Crippen LogP contribution is 2.29. The topological polar surface area (TPSA) is 57.8 Å². The molecular weight excluding hydrogens is 355 g/mol. The Bertz CT molecular complexity index is 1170. The molecule has 0 spiro atoms. The first-order valence-electron chi connectivity index (χ1n) is 8.02. The zero-order valence-corrected chi connectivity index (χ0v) is 13.8. The Morgan fingerprint density at radius 1 is 0.926 bits per heavy atom. The summed E-state index contributed by atoms with van der Waals surface area (Å²) in [5, 5.41) is 9.85. The largest absolute Gasteiger partial charge is 0.304 e. The fourth-order valence-electron chi connectivity index (χ4n) is 2.82. The molecule has 7 heteroatoms. The summed E-state index contributed by atoms with van der Waals surface area (Å²) in [6.07, 6.45) is 0. The average Bonchev–Trinajstić information content (AvgIpc) is 3.06. The number of halogens is 3. The van der Waals surface area contributed by atoms with E-state index in [1.54, 1.807) is 24.3 Å². The van der Waals surface area contributed by atoms with Crippen molar-refractivity contribution in [1.82, 2.24) is 10.2 Å². The minimum absolute atomic E-state index is 0.105. The predicted octanol–water partition coefficient (Wildman–Crippen LogP) is 4.90. The summed E-state index contributed by atoms with van der Waals surface area (Å²) in [5.74, 6) is -2.16. The molecule has 0 bridgehead atoms. The first-order valence-corrected chi connectivity index (χ1v) is 8.02. The van der Waals surface area contributed by atoms with Gasteiger partial charge in [-0.1, -0.05) is 18.2 Å². The quantitative estimate of drug-likeness (QED) is 0.541. The van der Waals surface area contributed by atoms with E-state index in [4.69, 9.17) is 0 Å². The number of amides is 1.